The van der Waals surface area contributed by atoms with Crippen molar-refractivity contribution in [2.75, 3.05) is 0 Å². The van der Waals surface area contributed by atoms with Crippen LogP contribution in [0.4, 0.5) is 0 Å². The van der Waals surface area contributed by atoms with E-state index in [9.17, 15) is 4.79 Å². The van der Waals surface area contributed by atoms with Crippen LogP contribution in [0.15, 0.2) is 46.9 Å². The number of rotatable bonds is 4. The summed E-state index contributed by atoms with van der Waals surface area (Å²) >= 11 is 0. The summed E-state index contributed by atoms with van der Waals surface area (Å²) in [6.45, 7) is 4.34. The van der Waals surface area contributed by atoms with E-state index in [4.69, 9.17) is 4.42 Å². The Morgan fingerprint density at radius 3 is 2.82 bits per heavy atom. The number of hydrogen-bond donors (Lipinski definition) is 1. The van der Waals surface area contributed by atoms with Gasteiger partial charge in [-0.25, -0.2) is 4.98 Å². The van der Waals surface area contributed by atoms with Crippen molar-refractivity contribution in [3.63, 3.8) is 0 Å². The Kier molecular flexibility index (Phi) is 3.92. The van der Waals surface area contributed by atoms with Gasteiger partial charge in [-0.05, 0) is 30.2 Å². The van der Waals surface area contributed by atoms with Crippen LogP contribution in [0.2, 0.25) is 0 Å². The summed E-state index contributed by atoms with van der Waals surface area (Å²) < 4.78 is 5.44. The zero-order valence-corrected chi connectivity index (χ0v) is 12.7. The number of benzene rings is 2. The van der Waals surface area contributed by atoms with Crippen LogP contribution < -0.4 is 5.32 Å². The Balaban J connectivity index is 1.62. The zero-order valence-electron chi connectivity index (χ0n) is 12.7. The quantitative estimate of drug-likeness (QED) is 0.803. The van der Waals surface area contributed by atoms with Gasteiger partial charge in [0.05, 0.1) is 6.42 Å². The van der Waals surface area contributed by atoms with Gasteiger partial charge in [-0.15, -0.1) is 0 Å². The van der Waals surface area contributed by atoms with Crippen LogP contribution in [-0.4, -0.2) is 10.9 Å². The van der Waals surface area contributed by atoms with E-state index in [2.05, 4.69) is 10.3 Å². The molecule has 0 aliphatic rings. The lowest BCUT2D eigenvalue weighted by Crippen LogP contribution is -2.24. The third kappa shape index (κ3) is 3.34. The molecule has 4 nitrogen and oxygen atoms in total. The average molecular weight is 294 g/mol. The molecule has 22 heavy (non-hydrogen) atoms. The molecule has 3 rings (SSSR count). The van der Waals surface area contributed by atoms with Gasteiger partial charge in [0.2, 0.25) is 5.91 Å². The van der Waals surface area contributed by atoms with Crippen LogP contribution in [-0.2, 0) is 17.8 Å². The van der Waals surface area contributed by atoms with Crippen LogP contribution in [0, 0.1) is 13.8 Å². The molecule has 0 saturated heterocycles. The van der Waals surface area contributed by atoms with Crippen LogP contribution in [0.3, 0.4) is 0 Å². The Morgan fingerprint density at radius 2 is 2.00 bits per heavy atom. The molecule has 1 amide bonds. The molecule has 3 aromatic rings. The largest absolute Gasteiger partial charge is 0.441 e. The van der Waals surface area contributed by atoms with Gasteiger partial charge in [-0.3, -0.25) is 4.79 Å². The predicted octanol–water partition coefficient (Wildman–Crippen LogP) is 3.30. The number of fused-ring (bicyclic) bond motifs is 1. The van der Waals surface area contributed by atoms with Gasteiger partial charge in [0.1, 0.15) is 5.52 Å². The van der Waals surface area contributed by atoms with Crippen LogP contribution in [0.5, 0.6) is 0 Å². The van der Waals surface area contributed by atoms with Gasteiger partial charge in [0.25, 0.3) is 0 Å². The summed E-state index contributed by atoms with van der Waals surface area (Å²) in [5.74, 6) is 0.665. The second kappa shape index (κ2) is 6.02. The first-order valence-electron chi connectivity index (χ1n) is 7.28. The second-order valence-electron chi connectivity index (χ2n) is 5.48. The molecule has 1 heterocycles. The molecule has 0 spiro atoms. The Bertz CT molecular complexity index is 821. The lowest BCUT2D eigenvalue weighted by Gasteiger charge is -2.06. The molecule has 2 aromatic carbocycles. The first-order chi connectivity index (χ1) is 10.6. The number of oxazole rings is 1. The molecular weight excluding hydrogens is 276 g/mol. The molecule has 4 heteroatoms. The van der Waals surface area contributed by atoms with Crippen LogP contribution >= 0.6 is 0 Å². The summed E-state index contributed by atoms with van der Waals surface area (Å²) in [4.78, 5) is 16.3. The smallest absolute Gasteiger partial charge is 0.224 e. The van der Waals surface area contributed by atoms with Crippen molar-refractivity contribution >= 4 is 17.0 Å². The highest BCUT2D eigenvalue weighted by Crippen LogP contribution is 2.16. The normalized spacial score (nSPS) is 10.8. The fourth-order valence-electron chi connectivity index (χ4n) is 2.47. The number of hydrogen-bond acceptors (Lipinski definition) is 3. The summed E-state index contributed by atoms with van der Waals surface area (Å²) in [5, 5.41) is 2.94. The number of carbonyl (C=O) groups is 1. The highest BCUT2D eigenvalue weighted by molar-refractivity contribution is 5.79. The number of nitrogens with one attached hydrogen (secondary N) is 1. The summed E-state index contributed by atoms with van der Waals surface area (Å²) in [5.41, 5.74) is 4.80. The van der Waals surface area contributed by atoms with Gasteiger partial charge in [-0.2, -0.15) is 0 Å². The van der Waals surface area contributed by atoms with Crippen molar-refractivity contribution in [1.29, 1.82) is 0 Å². The topological polar surface area (TPSA) is 55.1 Å². The maximum atomic E-state index is 12.0. The monoisotopic (exact) mass is 294 g/mol. The van der Waals surface area contributed by atoms with Crippen molar-refractivity contribution in [2.45, 2.75) is 26.8 Å². The molecule has 1 N–H and O–H groups in total. The average Bonchev–Trinajstić information content (AvgIpc) is 2.84. The van der Waals surface area contributed by atoms with Gasteiger partial charge in [0, 0.05) is 13.5 Å². The summed E-state index contributed by atoms with van der Waals surface area (Å²) in [6.07, 6.45) is 0.396. The number of carbonyl (C=O) groups excluding carboxylic acids is 1. The second-order valence-corrected chi connectivity index (χ2v) is 5.48. The lowest BCUT2D eigenvalue weighted by atomic mass is 10.1. The standard InChI is InChI=1S/C18H18N2O2/c1-12-4-3-5-14(8-12)10-18(21)19-11-15-6-7-17-16(9-15)20-13(2)22-17/h3-9H,10-11H2,1-2H3,(H,19,21). The highest BCUT2D eigenvalue weighted by Gasteiger charge is 2.06. The van der Waals surface area contributed by atoms with E-state index in [-0.39, 0.29) is 5.91 Å². The number of nitrogens with zero attached hydrogens (tertiary/aromatic N) is 1. The van der Waals surface area contributed by atoms with Crippen molar-refractivity contribution in [3.8, 4) is 0 Å². The van der Waals surface area contributed by atoms with E-state index < -0.39 is 0 Å². The number of aryl methyl sites for hydroxylation is 2. The summed E-state index contributed by atoms with van der Waals surface area (Å²) in [6, 6.07) is 13.8. The Morgan fingerprint density at radius 1 is 1.14 bits per heavy atom. The lowest BCUT2D eigenvalue weighted by molar-refractivity contribution is -0.120. The first kappa shape index (κ1) is 14.3. The molecule has 1 aromatic heterocycles. The Labute approximate surface area is 129 Å². The third-order valence-electron chi connectivity index (χ3n) is 3.50. The third-order valence-corrected chi connectivity index (χ3v) is 3.50. The van der Waals surface area contributed by atoms with Gasteiger partial charge in [-0.1, -0.05) is 35.9 Å². The van der Waals surface area contributed by atoms with E-state index >= 15 is 0 Å². The van der Waals surface area contributed by atoms with Crippen molar-refractivity contribution in [3.05, 3.63) is 65.0 Å². The molecule has 0 saturated carbocycles. The minimum atomic E-state index is 0.0158. The highest BCUT2D eigenvalue weighted by atomic mass is 16.3. The van der Waals surface area contributed by atoms with E-state index in [1.165, 1.54) is 0 Å². The molecule has 112 valence electrons. The number of aromatic nitrogens is 1. The van der Waals surface area contributed by atoms with E-state index in [1.807, 2.05) is 56.3 Å². The fraction of sp³-hybridized carbons (Fsp3) is 0.222. The molecule has 0 aliphatic heterocycles. The first-order valence-corrected chi connectivity index (χ1v) is 7.28. The fourth-order valence-corrected chi connectivity index (χ4v) is 2.47. The van der Waals surface area contributed by atoms with Gasteiger partial charge >= 0.3 is 0 Å². The summed E-state index contributed by atoms with van der Waals surface area (Å²) in [7, 11) is 0. The van der Waals surface area contributed by atoms with Gasteiger partial charge in [0.15, 0.2) is 11.5 Å². The Hall–Kier alpha value is -2.62. The van der Waals surface area contributed by atoms with E-state index in [0.29, 0.717) is 18.9 Å². The zero-order chi connectivity index (χ0) is 15.5. The predicted molar refractivity (Wildman–Crippen MR) is 85.5 cm³/mol. The molecule has 0 unspecified atom stereocenters. The molecule has 0 radical (unpaired) electrons. The minimum absolute atomic E-state index is 0.0158. The maximum absolute atomic E-state index is 12.0. The molecule has 0 bridgehead atoms. The van der Waals surface area contributed by atoms with Crippen molar-refractivity contribution in [1.82, 2.24) is 10.3 Å². The SMILES string of the molecule is Cc1cccc(CC(=O)NCc2ccc3oc(C)nc3c2)c1. The number of amides is 1. The minimum Gasteiger partial charge on any atom is -0.441 e. The molecule has 0 fully saturated rings. The molecule has 0 atom stereocenters. The molecular formula is C18H18N2O2. The molecule has 0 aliphatic carbocycles. The maximum Gasteiger partial charge on any atom is 0.224 e. The van der Waals surface area contributed by atoms with Crippen LogP contribution in [0.25, 0.3) is 11.1 Å². The van der Waals surface area contributed by atoms with Gasteiger partial charge < -0.3 is 9.73 Å². The van der Waals surface area contributed by atoms with E-state index in [0.717, 1.165) is 27.8 Å². The van der Waals surface area contributed by atoms with E-state index in [1.54, 1.807) is 0 Å². The van der Waals surface area contributed by atoms with Crippen molar-refractivity contribution in [2.24, 2.45) is 0 Å². The van der Waals surface area contributed by atoms with Crippen LogP contribution in [0.1, 0.15) is 22.6 Å². The van der Waals surface area contributed by atoms with Crippen molar-refractivity contribution < 1.29 is 9.21 Å².